The number of methoxy groups -OCH3 is 1. The number of para-hydroxylation sites is 1. The fraction of sp³-hybridized carbons (Fsp3) is 0.200. The molecular formula is C10H10ClN3O. The Kier molecular flexibility index (Phi) is 3.95. The molecule has 0 spiro atoms. The molecule has 0 aliphatic heterocycles. The predicted octanol–water partition coefficient (Wildman–Crippen LogP) is 1.79. The third-order valence-electron chi connectivity index (χ3n) is 1.73. The van der Waals surface area contributed by atoms with E-state index in [-0.39, 0.29) is 11.7 Å². The first-order chi connectivity index (χ1) is 7.22. The Labute approximate surface area is 92.9 Å². The van der Waals surface area contributed by atoms with Crippen molar-refractivity contribution in [2.45, 2.75) is 0 Å². The second-order valence-corrected chi connectivity index (χ2v) is 2.97. The Balaban J connectivity index is 3.30. The number of halogens is 1. The molecule has 0 bridgehead atoms. The number of aliphatic imine (C=N–C) groups is 1. The van der Waals surface area contributed by atoms with Crippen molar-refractivity contribution in [3.63, 3.8) is 0 Å². The topological polar surface area (TPSA) is 71.4 Å². The number of rotatable bonds is 3. The van der Waals surface area contributed by atoms with E-state index in [1.54, 1.807) is 18.2 Å². The molecule has 15 heavy (non-hydrogen) atoms. The van der Waals surface area contributed by atoms with Gasteiger partial charge in [-0.3, -0.25) is 0 Å². The van der Waals surface area contributed by atoms with Gasteiger partial charge in [-0.2, -0.15) is 5.26 Å². The Hall–Kier alpha value is -1.73. The molecule has 5 heteroatoms. The summed E-state index contributed by atoms with van der Waals surface area (Å²) >= 11 is 5.51. The van der Waals surface area contributed by atoms with Crippen LogP contribution in [0.3, 0.4) is 0 Å². The van der Waals surface area contributed by atoms with Gasteiger partial charge in [0.1, 0.15) is 23.3 Å². The number of nitrogens with two attached hydrogens (primary N) is 1. The zero-order chi connectivity index (χ0) is 11.3. The summed E-state index contributed by atoms with van der Waals surface area (Å²) in [6.07, 6.45) is 0. The first-order valence-corrected chi connectivity index (χ1v) is 4.72. The highest BCUT2D eigenvalue weighted by molar-refractivity contribution is 6.28. The molecule has 0 unspecified atom stereocenters. The lowest BCUT2D eigenvalue weighted by atomic mass is 10.2. The van der Waals surface area contributed by atoms with Crippen molar-refractivity contribution in [3.05, 3.63) is 23.8 Å². The average molecular weight is 224 g/mol. The van der Waals surface area contributed by atoms with Crippen LogP contribution in [-0.4, -0.2) is 18.8 Å². The molecule has 0 saturated heterocycles. The third-order valence-corrected chi connectivity index (χ3v) is 2.01. The molecule has 1 aromatic rings. The minimum absolute atomic E-state index is 0.114. The zero-order valence-electron chi connectivity index (χ0n) is 8.20. The molecule has 0 heterocycles. The van der Waals surface area contributed by atoms with Gasteiger partial charge in [0.15, 0.2) is 0 Å². The molecule has 4 nitrogen and oxygen atoms in total. The Morgan fingerprint density at radius 3 is 2.93 bits per heavy atom. The summed E-state index contributed by atoms with van der Waals surface area (Å²) in [7, 11) is 1.51. The number of amidine groups is 1. The summed E-state index contributed by atoms with van der Waals surface area (Å²) < 4.78 is 5.08. The van der Waals surface area contributed by atoms with Crippen molar-refractivity contribution in [3.8, 4) is 11.8 Å². The average Bonchev–Trinajstić information content (AvgIpc) is 2.29. The first kappa shape index (κ1) is 11.3. The Morgan fingerprint density at radius 2 is 2.40 bits per heavy atom. The molecular weight excluding hydrogens is 214 g/mol. The van der Waals surface area contributed by atoms with Crippen LogP contribution >= 0.6 is 11.6 Å². The minimum atomic E-state index is 0.114. The second-order valence-electron chi connectivity index (χ2n) is 2.71. The van der Waals surface area contributed by atoms with Gasteiger partial charge in [0.25, 0.3) is 0 Å². The van der Waals surface area contributed by atoms with Crippen molar-refractivity contribution in [2.75, 3.05) is 13.0 Å². The van der Waals surface area contributed by atoms with Crippen molar-refractivity contribution >= 4 is 23.1 Å². The number of nitrogens with zero attached hydrogens (tertiary/aromatic N) is 2. The molecule has 0 amide bonds. The van der Waals surface area contributed by atoms with Crippen LogP contribution in [0, 0.1) is 11.3 Å². The number of hydrogen-bond donors (Lipinski definition) is 1. The molecule has 0 aliphatic carbocycles. The first-order valence-electron chi connectivity index (χ1n) is 4.19. The highest BCUT2D eigenvalue weighted by atomic mass is 35.5. The van der Waals surface area contributed by atoms with Crippen molar-refractivity contribution in [2.24, 2.45) is 10.7 Å². The highest BCUT2D eigenvalue weighted by Gasteiger charge is 2.07. The summed E-state index contributed by atoms with van der Waals surface area (Å²) in [5, 5.41) is 8.88. The standard InChI is InChI=1S/C10H10ClN3O/c1-15-8-4-2-3-7(6-12)10(8)14-9(13)5-11/h2-4H,5H2,1H3,(H2,13,14). The summed E-state index contributed by atoms with van der Waals surface area (Å²) in [6, 6.07) is 7.08. The van der Waals surface area contributed by atoms with Crippen LogP contribution in [0.2, 0.25) is 0 Å². The van der Waals surface area contributed by atoms with Gasteiger partial charge in [0, 0.05) is 0 Å². The largest absolute Gasteiger partial charge is 0.494 e. The molecule has 0 radical (unpaired) electrons. The van der Waals surface area contributed by atoms with E-state index in [0.29, 0.717) is 17.0 Å². The van der Waals surface area contributed by atoms with Crippen LogP contribution in [0.1, 0.15) is 5.56 Å². The van der Waals surface area contributed by atoms with Gasteiger partial charge in [-0.1, -0.05) is 6.07 Å². The zero-order valence-corrected chi connectivity index (χ0v) is 8.95. The van der Waals surface area contributed by atoms with Gasteiger partial charge >= 0.3 is 0 Å². The molecule has 0 fully saturated rings. The van der Waals surface area contributed by atoms with Gasteiger partial charge < -0.3 is 10.5 Å². The van der Waals surface area contributed by atoms with Gasteiger partial charge in [0.05, 0.1) is 18.6 Å². The van der Waals surface area contributed by atoms with E-state index in [4.69, 9.17) is 27.3 Å². The maximum Gasteiger partial charge on any atom is 0.145 e. The van der Waals surface area contributed by atoms with Gasteiger partial charge in [-0.15, -0.1) is 11.6 Å². The number of hydrogen-bond acceptors (Lipinski definition) is 3. The second kappa shape index (κ2) is 5.23. The van der Waals surface area contributed by atoms with Crippen LogP contribution in [0.5, 0.6) is 5.75 Å². The van der Waals surface area contributed by atoms with E-state index in [2.05, 4.69) is 4.99 Å². The van der Waals surface area contributed by atoms with E-state index in [1.807, 2.05) is 6.07 Å². The monoisotopic (exact) mass is 223 g/mol. The van der Waals surface area contributed by atoms with Crippen LogP contribution in [0.25, 0.3) is 0 Å². The molecule has 2 N–H and O–H groups in total. The fourth-order valence-electron chi connectivity index (χ4n) is 1.07. The lowest BCUT2D eigenvalue weighted by Gasteiger charge is -2.05. The van der Waals surface area contributed by atoms with Crippen molar-refractivity contribution in [1.82, 2.24) is 0 Å². The SMILES string of the molecule is COc1cccc(C#N)c1N=C(N)CCl. The molecule has 0 aliphatic rings. The maximum atomic E-state index is 8.88. The number of nitriles is 1. The van der Waals surface area contributed by atoms with E-state index in [9.17, 15) is 0 Å². The van der Waals surface area contributed by atoms with E-state index in [0.717, 1.165) is 0 Å². The Bertz CT molecular complexity index is 423. The third kappa shape index (κ3) is 2.61. The summed E-state index contributed by atoms with van der Waals surface area (Å²) in [5.41, 5.74) is 6.33. The maximum absolute atomic E-state index is 8.88. The van der Waals surface area contributed by atoms with E-state index < -0.39 is 0 Å². The summed E-state index contributed by atoms with van der Waals surface area (Å²) in [5.74, 6) is 0.864. The smallest absolute Gasteiger partial charge is 0.145 e. The van der Waals surface area contributed by atoms with Crippen LogP contribution in [0.15, 0.2) is 23.2 Å². The predicted molar refractivity (Wildman–Crippen MR) is 59.7 cm³/mol. The Morgan fingerprint density at radius 1 is 1.67 bits per heavy atom. The summed E-state index contributed by atoms with van der Waals surface area (Å²) in [6.45, 7) is 0. The van der Waals surface area contributed by atoms with Crippen LogP contribution in [-0.2, 0) is 0 Å². The van der Waals surface area contributed by atoms with E-state index >= 15 is 0 Å². The molecule has 0 saturated carbocycles. The lowest BCUT2D eigenvalue weighted by Crippen LogP contribution is -2.12. The molecule has 0 aromatic heterocycles. The van der Waals surface area contributed by atoms with Crippen molar-refractivity contribution in [1.29, 1.82) is 5.26 Å². The molecule has 0 atom stereocenters. The molecule has 1 aromatic carbocycles. The van der Waals surface area contributed by atoms with Gasteiger partial charge in [0.2, 0.25) is 0 Å². The van der Waals surface area contributed by atoms with Gasteiger partial charge in [-0.05, 0) is 12.1 Å². The van der Waals surface area contributed by atoms with Gasteiger partial charge in [-0.25, -0.2) is 4.99 Å². The minimum Gasteiger partial charge on any atom is -0.494 e. The van der Waals surface area contributed by atoms with Crippen LogP contribution in [0.4, 0.5) is 5.69 Å². The number of alkyl halides is 1. The van der Waals surface area contributed by atoms with Crippen molar-refractivity contribution < 1.29 is 4.74 Å². The number of ether oxygens (including phenoxy) is 1. The quantitative estimate of drug-likeness (QED) is 0.483. The van der Waals surface area contributed by atoms with E-state index in [1.165, 1.54) is 7.11 Å². The normalized spacial score (nSPS) is 10.9. The molecule has 1 rings (SSSR count). The summed E-state index contributed by atoms with van der Waals surface area (Å²) in [4.78, 5) is 4.03. The molecule has 78 valence electrons. The lowest BCUT2D eigenvalue weighted by molar-refractivity contribution is 0.416. The highest BCUT2D eigenvalue weighted by Crippen LogP contribution is 2.30. The number of benzene rings is 1. The fourth-order valence-corrected chi connectivity index (χ4v) is 1.13. The van der Waals surface area contributed by atoms with Crippen LogP contribution < -0.4 is 10.5 Å².